The van der Waals surface area contributed by atoms with Gasteiger partial charge in [-0.2, -0.15) is 0 Å². The number of primary amides is 1. The number of nitrogens with one attached hydrogen (secondary N) is 1. The van der Waals surface area contributed by atoms with E-state index in [9.17, 15) is 9.59 Å². The highest BCUT2D eigenvalue weighted by molar-refractivity contribution is 5.93. The summed E-state index contributed by atoms with van der Waals surface area (Å²) in [5.41, 5.74) is 7.15. The van der Waals surface area contributed by atoms with Crippen LogP contribution in [0.25, 0.3) is 0 Å². The molecule has 3 N–H and O–H groups in total. The molecule has 1 aromatic carbocycles. The quantitative estimate of drug-likeness (QED) is 0.793. The summed E-state index contributed by atoms with van der Waals surface area (Å²) in [6.07, 6.45) is 4.84. The van der Waals surface area contributed by atoms with Gasteiger partial charge in [0.05, 0.1) is 29.8 Å². The van der Waals surface area contributed by atoms with E-state index in [0.29, 0.717) is 18.8 Å². The van der Waals surface area contributed by atoms with Gasteiger partial charge in [-0.3, -0.25) is 9.59 Å². The van der Waals surface area contributed by atoms with Crippen LogP contribution in [0.2, 0.25) is 0 Å². The molecule has 2 aliphatic heterocycles. The van der Waals surface area contributed by atoms with E-state index in [-0.39, 0.29) is 29.8 Å². The van der Waals surface area contributed by atoms with Crippen LogP contribution in [-0.4, -0.2) is 36.5 Å². The van der Waals surface area contributed by atoms with Crippen molar-refractivity contribution in [3.05, 3.63) is 54.2 Å². The molecule has 3 atom stereocenters. The second-order valence-corrected chi connectivity index (χ2v) is 8.03. The highest BCUT2D eigenvalue weighted by Gasteiger charge is 2.33. The molecule has 4 rings (SSSR count). The SMILES string of the molecule is NC(=O)C1CCCN(c2ccc(NC(=O)C3CCCOC3c3ccccc3)cn2)C1. The molecule has 158 valence electrons. The predicted molar refractivity (Wildman–Crippen MR) is 115 cm³/mol. The van der Waals surface area contributed by atoms with Crippen LogP contribution in [0.1, 0.15) is 37.4 Å². The Morgan fingerprint density at radius 1 is 1.10 bits per heavy atom. The minimum Gasteiger partial charge on any atom is -0.373 e. The number of piperidine rings is 1. The van der Waals surface area contributed by atoms with Crippen molar-refractivity contribution in [1.82, 2.24) is 4.98 Å². The Balaban J connectivity index is 1.41. The first-order valence-electron chi connectivity index (χ1n) is 10.6. The van der Waals surface area contributed by atoms with Crippen LogP contribution < -0.4 is 16.0 Å². The first kappa shape index (κ1) is 20.3. The van der Waals surface area contributed by atoms with Gasteiger partial charge in [0.25, 0.3) is 0 Å². The van der Waals surface area contributed by atoms with Gasteiger partial charge in [-0.05, 0) is 43.4 Å². The molecule has 2 amide bonds. The first-order valence-corrected chi connectivity index (χ1v) is 10.6. The normalized spacial score (nSPS) is 24.3. The number of hydrogen-bond donors (Lipinski definition) is 2. The van der Waals surface area contributed by atoms with Crippen LogP contribution in [0.3, 0.4) is 0 Å². The van der Waals surface area contributed by atoms with Gasteiger partial charge in [-0.1, -0.05) is 30.3 Å². The molecule has 2 fully saturated rings. The fraction of sp³-hybridized carbons (Fsp3) is 0.435. The smallest absolute Gasteiger partial charge is 0.230 e. The Morgan fingerprint density at radius 3 is 2.67 bits per heavy atom. The van der Waals surface area contributed by atoms with Gasteiger partial charge in [-0.15, -0.1) is 0 Å². The molecule has 0 aliphatic carbocycles. The van der Waals surface area contributed by atoms with E-state index in [1.807, 2.05) is 42.5 Å². The third-order valence-corrected chi connectivity index (χ3v) is 5.95. The second-order valence-electron chi connectivity index (χ2n) is 8.03. The van der Waals surface area contributed by atoms with Crippen molar-refractivity contribution in [2.75, 3.05) is 29.9 Å². The maximum atomic E-state index is 13.0. The van der Waals surface area contributed by atoms with Crippen LogP contribution in [0.15, 0.2) is 48.7 Å². The highest BCUT2D eigenvalue weighted by atomic mass is 16.5. The lowest BCUT2D eigenvalue weighted by molar-refractivity contribution is -0.129. The molecule has 30 heavy (non-hydrogen) atoms. The van der Waals surface area contributed by atoms with Crippen molar-refractivity contribution >= 4 is 23.3 Å². The number of amides is 2. The number of hydrogen-bond acceptors (Lipinski definition) is 5. The van der Waals surface area contributed by atoms with Gasteiger partial charge < -0.3 is 20.7 Å². The fourth-order valence-corrected chi connectivity index (χ4v) is 4.32. The lowest BCUT2D eigenvalue weighted by Crippen LogP contribution is -2.41. The van der Waals surface area contributed by atoms with E-state index in [1.165, 1.54) is 0 Å². The van der Waals surface area contributed by atoms with Gasteiger partial charge in [0, 0.05) is 19.7 Å². The number of rotatable bonds is 5. The Kier molecular flexibility index (Phi) is 6.28. The number of carbonyl (C=O) groups excluding carboxylic acids is 2. The van der Waals surface area contributed by atoms with Crippen molar-refractivity contribution in [3.8, 4) is 0 Å². The van der Waals surface area contributed by atoms with Gasteiger partial charge in [-0.25, -0.2) is 4.98 Å². The molecular formula is C23H28N4O3. The van der Waals surface area contributed by atoms with Crippen LogP contribution >= 0.6 is 0 Å². The summed E-state index contributed by atoms with van der Waals surface area (Å²) in [7, 11) is 0. The standard InChI is InChI=1S/C23H28N4O3/c24-22(28)17-8-4-12-27(15-17)20-11-10-18(14-25-20)26-23(29)19-9-5-13-30-21(19)16-6-2-1-3-7-16/h1-3,6-7,10-11,14,17,19,21H,4-5,8-9,12-13,15H2,(H2,24,28)(H,26,29). The largest absolute Gasteiger partial charge is 0.373 e. The zero-order chi connectivity index (χ0) is 20.9. The summed E-state index contributed by atoms with van der Waals surface area (Å²) >= 11 is 0. The summed E-state index contributed by atoms with van der Waals surface area (Å²) in [6, 6.07) is 13.6. The molecule has 2 aliphatic rings. The molecule has 0 spiro atoms. The van der Waals surface area contributed by atoms with Gasteiger partial charge in [0.1, 0.15) is 5.82 Å². The van der Waals surface area contributed by atoms with Crippen molar-refractivity contribution in [2.24, 2.45) is 17.6 Å². The van der Waals surface area contributed by atoms with Crippen molar-refractivity contribution < 1.29 is 14.3 Å². The Bertz CT molecular complexity index is 872. The zero-order valence-corrected chi connectivity index (χ0v) is 17.0. The van der Waals surface area contributed by atoms with Crippen molar-refractivity contribution in [2.45, 2.75) is 31.8 Å². The second kappa shape index (κ2) is 9.26. The predicted octanol–water partition coefficient (Wildman–Crippen LogP) is 2.89. The lowest BCUT2D eigenvalue weighted by atomic mass is 9.88. The number of nitrogens with two attached hydrogens (primary N) is 1. The summed E-state index contributed by atoms with van der Waals surface area (Å²) in [6.45, 7) is 2.11. The molecule has 7 heteroatoms. The van der Waals surface area contributed by atoms with E-state index < -0.39 is 0 Å². The van der Waals surface area contributed by atoms with Crippen molar-refractivity contribution in [3.63, 3.8) is 0 Å². The molecule has 1 aromatic heterocycles. The minimum absolute atomic E-state index is 0.0510. The number of nitrogens with zero attached hydrogens (tertiary/aromatic N) is 2. The van der Waals surface area contributed by atoms with E-state index in [0.717, 1.165) is 43.6 Å². The number of benzene rings is 1. The van der Waals surface area contributed by atoms with Crippen LogP contribution in [0, 0.1) is 11.8 Å². The summed E-state index contributed by atoms with van der Waals surface area (Å²) < 4.78 is 5.94. The number of ether oxygens (including phenoxy) is 1. The third kappa shape index (κ3) is 4.62. The molecule has 3 heterocycles. The summed E-state index contributed by atoms with van der Waals surface area (Å²) in [4.78, 5) is 31.1. The molecule has 2 saturated heterocycles. The Hall–Kier alpha value is -2.93. The number of pyridine rings is 1. The maximum Gasteiger partial charge on any atom is 0.230 e. The summed E-state index contributed by atoms with van der Waals surface area (Å²) in [5, 5.41) is 2.99. The van der Waals surface area contributed by atoms with Gasteiger partial charge in [0.15, 0.2) is 0 Å². The average molecular weight is 409 g/mol. The molecule has 7 nitrogen and oxygen atoms in total. The third-order valence-electron chi connectivity index (χ3n) is 5.95. The van der Waals surface area contributed by atoms with Crippen LogP contribution in [0.5, 0.6) is 0 Å². The minimum atomic E-state index is -0.258. The van der Waals surface area contributed by atoms with Gasteiger partial charge in [0.2, 0.25) is 11.8 Å². The van der Waals surface area contributed by atoms with E-state index in [2.05, 4.69) is 15.2 Å². The topological polar surface area (TPSA) is 97.6 Å². The van der Waals surface area contributed by atoms with Gasteiger partial charge >= 0.3 is 0 Å². The molecule has 0 saturated carbocycles. The molecule has 0 bridgehead atoms. The molecule has 2 aromatic rings. The average Bonchev–Trinajstić information content (AvgIpc) is 2.80. The first-order chi connectivity index (χ1) is 14.6. The zero-order valence-electron chi connectivity index (χ0n) is 17.0. The monoisotopic (exact) mass is 408 g/mol. The maximum absolute atomic E-state index is 13.0. The van der Waals surface area contributed by atoms with Crippen LogP contribution in [0.4, 0.5) is 11.5 Å². The summed E-state index contributed by atoms with van der Waals surface area (Å²) in [5.74, 6) is 0.110. The Morgan fingerprint density at radius 2 is 1.93 bits per heavy atom. The van der Waals surface area contributed by atoms with Crippen molar-refractivity contribution in [1.29, 1.82) is 0 Å². The van der Waals surface area contributed by atoms with E-state index >= 15 is 0 Å². The molecule has 0 radical (unpaired) electrons. The number of carbonyl (C=O) groups is 2. The van der Waals surface area contributed by atoms with E-state index in [1.54, 1.807) is 6.20 Å². The number of anilines is 2. The highest BCUT2D eigenvalue weighted by Crippen LogP contribution is 2.34. The number of aromatic nitrogens is 1. The van der Waals surface area contributed by atoms with Crippen LogP contribution in [-0.2, 0) is 14.3 Å². The van der Waals surface area contributed by atoms with E-state index in [4.69, 9.17) is 10.5 Å². The molecule has 3 unspecified atom stereocenters. The molecular weight excluding hydrogens is 380 g/mol. The fourth-order valence-electron chi connectivity index (χ4n) is 4.32. The Labute approximate surface area is 176 Å². The lowest BCUT2D eigenvalue weighted by Gasteiger charge is -2.32.